The van der Waals surface area contributed by atoms with Gasteiger partial charge in [-0.15, -0.1) is 0 Å². The quantitative estimate of drug-likeness (QED) is 0.448. The maximum Gasteiger partial charge on any atom is 0.217 e. The van der Waals surface area contributed by atoms with Crippen LogP contribution in [-0.2, 0) is 11.3 Å². The molecule has 1 rings (SSSR count). The first kappa shape index (κ1) is 11.2. The van der Waals surface area contributed by atoms with E-state index in [0.717, 1.165) is 6.21 Å². The molecule has 0 saturated carbocycles. The SMILES string of the molecule is CC(=O)NCc1ccc(C=NO)cc1F. The third-order valence-corrected chi connectivity index (χ3v) is 1.81. The van der Waals surface area contributed by atoms with E-state index in [-0.39, 0.29) is 12.5 Å². The van der Waals surface area contributed by atoms with E-state index in [1.807, 2.05) is 0 Å². The average molecular weight is 210 g/mol. The van der Waals surface area contributed by atoms with Crippen molar-refractivity contribution in [3.63, 3.8) is 0 Å². The lowest BCUT2D eigenvalue weighted by molar-refractivity contribution is -0.119. The second-order valence-corrected chi connectivity index (χ2v) is 3.01. The van der Waals surface area contributed by atoms with E-state index in [4.69, 9.17) is 5.21 Å². The summed E-state index contributed by atoms with van der Waals surface area (Å²) in [6.45, 7) is 1.52. The lowest BCUT2D eigenvalue weighted by Crippen LogP contribution is -2.19. The Bertz CT molecular complexity index is 391. The van der Waals surface area contributed by atoms with Crippen molar-refractivity contribution in [1.82, 2.24) is 5.32 Å². The van der Waals surface area contributed by atoms with Gasteiger partial charge in [-0.25, -0.2) is 4.39 Å². The molecule has 80 valence electrons. The van der Waals surface area contributed by atoms with Crippen molar-refractivity contribution in [2.45, 2.75) is 13.5 Å². The lowest BCUT2D eigenvalue weighted by Gasteiger charge is -2.04. The number of carbonyl (C=O) groups excluding carboxylic acids is 1. The topological polar surface area (TPSA) is 61.7 Å². The van der Waals surface area contributed by atoms with Crippen LogP contribution in [-0.4, -0.2) is 17.3 Å². The van der Waals surface area contributed by atoms with Gasteiger partial charge in [0.15, 0.2) is 0 Å². The van der Waals surface area contributed by atoms with E-state index in [9.17, 15) is 9.18 Å². The fourth-order valence-electron chi connectivity index (χ4n) is 1.07. The molecule has 0 aliphatic rings. The molecule has 1 aromatic rings. The first-order valence-corrected chi connectivity index (χ1v) is 4.34. The van der Waals surface area contributed by atoms with Crippen molar-refractivity contribution in [2.24, 2.45) is 5.16 Å². The minimum Gasteiger partial charge on any atom is -0.411 e. The summed E-state index contributed by atoms with van der Waals surface area (Å²) in [4.78, 5) is 10.6. The van der Waals surface area contributed by atoms with Gasteiger partial charge < -0.3 is 10.5 Å². The average Bonchev–Trinajstić information content (AvgIpc) is 2.17. The Balaban J connectivity index is 2.78. The van der Waals surface area contributed by atoms with Gasteiger partial charge in [0, 0.05) is 19.0 Å². The number of oxime groups is 1. The van der Waals surface area contributed by atoms with Crippen LogP contribution in [0.5, 0.6) is 0 Å². The Kier molecular flexibility index (Phi) is 3.79. The van der Waals surface area contributed by atoms with Crippen molar-refractivity contribution in [2.75, 3.05) is 0 Å². The molecule has 0 saturated heterocycles. The van der Waals surface area contributed by atoms with Crippen LogP contribution in [0.25, 0.3) is 0 Å². The summed E-state index contributed by atoms with van der Waals surface area (Å²) in [6, 6.07) is 4.36. The summed E-state index contributed by atoms with van der Waals surface area (Å²) in [5.41, 5.74) is 0.849. The molecule has 1 aromatic carbocycles. The molecule has 0 bridgehead atoms. The Morgan fingerprint density at radius 1 is 1.67 bits per heavy atom. The summed E-state index contributed by atoms with van der Waals surface area (Å²) in [5, 5.41) is 13.5. The fraction of sp³-hybridized carbons (Fsp3) is 0.200. The molecule has 0 fully saturated rings. The van der Waals surface area contributed by atoms with Crippen LogP contribution in [0.2, 0.25) is 0 Å². The zero-order valence-electron chi connectivity index (χ0n) is 8.20. The zero-order valence-corrected chi connectivity index (χ0v) is 8.20. The molecule has 2 N–H and O–H groups in total. The first-order valence-electron chi connectivity index (χ1n) is 4.34. The third-order valence-electron chi connectivity index (χ3n) is 1.81. The molecule has 0 aromatic heterocycles. The van der Waals surface area contributed by atoms with Crippen LogP contribution in [0.15, 0.2) is 23.4 Å². The van der Waals surface area contributed by atoms with Gasteiger partial charge in [0.05, 0.1) is 6.21 Å². The number of nitrogens with one attached hydrogen (secondary N) is 1. The Morgan fingerprint density at radius 2 is 2.40 bits per heavy atom. The van der Waals surface area contributed by atoms with Crippen molar-refractivity contribution in [3.8, 4) is 0 Å². The number of nitrogens with zero attached hydrogens (tertiary/aromatic N) is 1. The maximum absolute atomic E-state index is 13.3. The van der Waals surface area contributed by atoms with E-state index in [1.54, 1.807) is 6.07 Å². The molecule has 0 heterocycles. The van der Waals surface area contributed by atoms with Crippen LogP contribution in [0.3, 0.4) is 0 Å². The van der Waals surface area contributed by atoms with Gasteiger partial charge in [0.2, 0.25) is 5.91 Å². The number of rotatable bonds is 3. The first-order chi connectivity index (χ1) is 7.13. The van der Waals surface area contributed by atoms with Gasteiger partial charge in [-0.05, 0) is 11.6 Å². The molecule has 5 heteroatoms. The Labute approximate surface area is 86.4 Å². The molecule has 0 spiro atoms. The lowest BCUT2D eigenvalue weighted by atomic mass is 10.1. The molecule has 15 heavy (non-hydrogen) atoms. The highest BCUT2D eigenvalue weighted by Crippen LogP contribution is 2.09. The van der Waals surface area contributed by atoms with Gasteiger partial charge in [-0.2, -0.15) is 0 Å². The van der Waals surface area contributed by atoms with E-state index in [1.165, 1.54) is 19.1 Å². The van der Waals surface area contributed by atoms with Crippen molar-refractivity contribution < 1.29 is 14.4 Å². The predicted octanol–water partition coefficient (Wildman–Crippen LogP) is 1.27. The number of benzene rings is 1. The van der Waals surface area contributed by atoms with Gasteiger partial charge in [0.25, 0.3) is 0 Å². The van der Waals surface area contributed by atoms with Crippen LogP contribution >= 0.6 is 0 Å². The number of hydrogen-bond acceptors (Lipinski definition) is 3. The Morgan fingerprint density at radius 3 is 2.93 bits per heavy atom. The van der Waals surface area contributed by atoms with Gasteiger partial charge in [-0.3, -0.25) is 4.79 Å². The number of halogens is 1. The van der Waals surface area contributed by atoms with Gasteiger partial charge in [-0.1, -0.05) is 17.3 Å². The third kappa shape index (κ3) is 3.38. The zero-order chi connectivity index (χ0) is 11.3. The summed E-state index contributed by atoms with van der Waals surface area (Å²) in [6.07, 6.45) is 1.13. The molecular formula is C10H11FN2O2. The normalized spacial score (nSPS) is 10.5. The number of carbonyl (C=O) groups is 1. The molecule has 0 atom stereocenters. The summed E-state index contributed by atoms with van der Waals surface area (Å²) in [7, 11) is 0. The number of hydrogen-bond donors (Lipinski definition) is 2. The van der Waals surface area contributed by atoms with E-state index in [0.29, 0.717) is 11.1 Å². The monoisotopic (exact) mass is 210 g/mol. The van der Waals surface area contributed by atoms with E-state index in [2.05, 4.69) is 10.5 Å². The second-order valence-electron chi connectivity index (χ2n) is 3.01. The molecule has 4 nitrogen and oxygen atoms in total. The summed E-state index contributed by atoms with van der Waals surface area (Å²) < 4.78 is 13.3. The van der Waals surface area contributed by atoms with Crippen LogP contribution in [0, 0.1) is 5.82 Å². The van der Waals surface area contributed by atoms with Crippen molar-refractivity contribution >= 4 is 12.1 Å². The van der Waals surface area contributed by atoms with Gasteiger partial charge >= 0.3 is 0 Å². The summed E-state index contributed by atoms with van der Waals surface area (Å²) >= 11 is 0. The highest BCUT2D eigenvalue weighted by molar-refractivity contribution is 5.79. The standard InChI is InChI=1S/C10H11FN2O2/c1-7(14)12-6-9-3-2-8(5-13-15)4-10(9)11/h2-5,15H,6H2,1H3,(H,12,14). The molecule has 0 aliphatic carbocycles. The van der Waals surface area contributed by atoms with E-state index >= 15 is 0 Å². The minimum atomic E-state index is -0.443. The van der Waals surface area contributed by atoms with Crippen molar-refractivity contribution in [3.05, 3.63) is 35.1 Å². The largest absolute Gasteiger partial charge is 0.411 e. The van der Waals surface area contributed by atoms with Crippen molar-refractivity contribution in [1.29, 1.82) is 0 Å². The van der Waals surface area contributed by atoms with Gasteiger partial charge in [0.1, 0.15) is 5.82 Å². The molecular weight excluding hydrogens is 199 g/mol. The highest BCUT2D eigenvalue weighted by atomic mass is 19.1. The van der Waals surface area contributed by atoms with E-state index < -0.39 is 5.82 Å². The van der Waals surface area contributed by atoms with Crippen LogP contribution in [0.4, 0.5) is 4.39 Å². The highest BCUT2D eigenvalue weighted by Gasteiger charge is 2.03. The number of amides is 1. The summed E-state index contributed by atoms with van der Waals surface area (Å²) in [5.74, 6) is -0.656. The fourth-order valence-corrected chi connectivity index (χ4v) is 1.07. The second kappa shape index (κ2) is 5.09. The molecule has 0 radical (unpaired) electrons. The molecule has 0 aliphatic heterocycles. The minimum absolute atomic E-state index is 0.151. The predicted molar refractivity (Wildman–Crippen MR) is 53.3 cm³/mol. The Hall–Kier alpha value is -1.91. The molecule has 1 amide bonds. The smallest absolute Gasteiger partial charge is 0.217 e. The molecule has 0 unspecified atom stereocenters. The van der Waals surface area contributed by atoms with Crippen LogP contribution in [0.1, 0.15) is 18.1 Å². The van der Waals surface area contributed by atoms with Crippen LogP contribution < -0.4 is 5.32 Å². The maximum atomic E-state index is 13.3.